The minimum absolute atomic E-state index is 0.0171. The van der Waals surface area contributed by atoms with Crippen molar-refractivity contribution in [2.45, 2.75) is 25.7 Å². The van der Waals surface area contributed by atoms with Gasteiger partial charge in [-0.05, 0) is 49.9 Å². The molecule has 7 heteroatoms. The van der Waals surface area contributed by atoms with Crippen LogP contribution in [0.4, 0.5) is 5.69 Å². The summed E-state index contributed by atoms with van der Waals surface area (Å²) >= 11 is 6.10. The van der Waals surface area contributed by atoms with Gasteiger partial charge in [0.05, 0.1) is 11.4 Å². The van der Waals surface area contributed by atoms with E-state index >= 15 is 0 Å². The van der Waals surface area contributed by atoms with E-state index in [9.17, 15) is 9.59 Å². The van der Waals surface area contributed by atoms with Crippen LogP contribution in [-0.2, 0) is 9.59 Å². The number of benzene rings is 1. The fraction of sp³-hybridized carbons (Fsp3) is 0.421. The molecule has 0 aliphatic heterocycles. The first-order valence-electron chi connectivity index (χ1n) is 8.77. The van der Waals surface area contributed by atoms with Crippen LogP contribution in [0, 0.1) is 11.8 Å². The minimum atomic E-state index is -0.0811. The van der Waals surface area contributed by atoms with Crippen LogP contribution in [0.2, 0.25) is 5.02 Å². The lowest BCUT2D eigenvalue weighted by molar-refractivity contribution is -0.135. The fourth-order valence-corrected chi connectivity index (χ4v) is 3.58. The molecule has 1 saturated carbocycles. The van der Waals surface area contributed by atoms with Crippen LogP contribution in [0.3, 0.4) is 0 Å². The van der Waals surface area contributed by atoms with Crippen molar-refractivity contribution in [3.05, 3.63) is 41.7 Å². The van der Waals surface area contributed by atoms with E-state index in [0.29, 0.717) is 10.7 Å². The van der Waals surface area contributed by atoms with Gasteiger partial charge in [-0.3, -0.25) is 9.59 Å². The first-order chi connectivity index (χ1) is 12.5. The lowest BCUT2D eigenvalue weighted by Gasteiger charge is -2.28. The Balaban J connectivity index is 1.67. The van der Waals surface area contributed by atoms with E-state index < -0.39 is 0 Å². The number of rotatable bonds is 4. The molecule has 0 saturated heterocycles. The van der Waals surface area contributed by atoms with Crippen LogP contribution >= 0.6 is 11.6 Å². The maximum absolute atomic E-state index is 12.7. The van der Waals surface area contributed by atoms with Crippen LogP contribution in [0.1, 0.15) is 25.7 Å². The van der Waals surface area contributed by atoms with Gasteiger partial charge in [0.1, 0.15) is 0 Å². The van der Waals surface area contributed by atoms with Crippen molar-refractivity contribution < 1.29 is 9.59 Å². The third-order valence-corrected chi connectivity index (χ3v) is 5.09. The molecule has 1 aromatic heterocycles. The lowest BCUT2D eigenvalue weighted by atomic mass is 9.81. The summed E-state index contributed by atoms with van der Waals surface area (Å²) in [6.45, 7) is 0. The van der Waals surface area contributed by atoms with Crippen molar-refractivity contribution in [3.8, 4) is 5.69 Å². The molecule has 0 spiro atoms. The molecule has 6 nitrogen and oxygen atoms in total. The first-order valence-corrected chi connectivity index (χ1v) is 9.15. The minimum Gasteiger partial charge on any atom is -0.349 e. The van der Waals surface area contributed by atoms with Crippen molar-refractivity contribution >= 4 is 29.1 Å². The van der Waals surface area contributed by atoms with Crippen LogP contribution in [-0.4, -0.2) is 40.6 Å². The highest BCUT2D eigenvalue weighted by atomic mass is 35.5. The molecule has 138 valence electrons. The maximum atomic E-state index is 12.7. The first kappa shape index (κ1) is 18.5. The van der Waals surface area contributed by atoms with Crippen LogP contribution in [0.5, 0.6) is 0 Å². The Morgan fingerprint density at radius 2 is 1.88 bits per heavy atom. The largest absolute Gasteiger partial charge is 0.349 e. The third-order valence-electron chi connectivity index (χ3n) is 4.86. The van der Waals surface area contributed by atoms with E-state index in [-0.39, 0.29) is 23.7 Å². The van der Waals surface area contributed by atoms with E-state index in [0.717, 1.165) is 31.4 Å². The predicted octanol–water partition coefficient (Wildman–Crippen LogP) is 3.36. The number of anilines is 1. The second-order valence-corrected chi connectivity index (χ2v) is 7.32. The SMILES string of the molecule is CN(C)C(=O)C1CCC(C(=O)Nc2ccc(Cl)cc2-n2cccn2)CC1. The zero-order chi connectivity index (χ0) is 18.7. The van der Waals surface area contributed by atoms with Gasteiger partial charge in [0.2, 0.25) is 11.8 Å². The predicted molar refractivity (Wildman–Crippen MR) is 101 cm³/mol. The number of amides is 2. The van der Waals surface area contributed by atoms with E-state index in [1.807, 2.05) is 6.07 Å². The van der Waals surface area contributed by atoms with E-state index in [1.165, 1.54) is 0 Å². The number of carbonyl (C=O) groups is 2. The molecule has 2 amide bonds. The molecule has 1 fully saturated rings. The van der Waals surface area contributed by atoms with Crippen LogP contribution in [0.15, 0.2) is 36.7 Å². The molecular weight excluding hydrogens is 352 g/mol. The van der Waals surface area contributed by atoms with Gasteiger partial charge in [0.15, 0.2) is 0 Å². The summed E-state index contributed by atoms with van der Waals surface area (Å²) in [5.41, 5.74) is 1.40. The standard InChI is InChI=1S/C19H23ClN4O2/c1-23(2)19(26)14-6-4-13(5-7-14)18(25)22-16-9-8-15(20)12-17(16)24-11-3-10-21-24/h3,8-14H,4-7H2,1-2H3,(H,22,25). The lowest BCUT2D eigenvalue weighted by Crippen LogP contribution is -2.35. The van der Waals surface area contributed by atoms with E-state index in [4.69, 9.17) is 11.6 Å². The monoisotopic (exact) mass is 374 g/mol. The number of nitrogens with zero attached hydrogens (tertiary/aromatic N) is 3. The summed E-state index contributed by atoms with van der Waals surface area (Å²) in [6, 6.07) is 7.13. The van der Waals surface area contributed by atoms with Crippen molar-refractivity contribution in [3.63, 3.8) is 0 Å². The molecule has 2 aromatic rings. The Labute approximate surface area is 158 Å². The summed E-state index contributed by atoms with van der Waals surface area (Å²) in [5, 5.41) is 7.81. The molecule has 1 aromatic carbocycles. The molecule has 1 aliphatic carbocycles. The molecule has 0 unspecified atom stereocenters. The summed E-state index contributed by atoms with van der Waals surface area (Å²) < 4.78 is 1.67. The highest BCUT2D eigenvalue weighted by Crippen LogP contribution is 2.31. The van der Waals surface area contributed by atoms with Gasteiger partial charge in [-0.15, -0.1) is 0 Å². The Hall–Kier alpha value is -2.34. The van der Waals surface area contributed by atoms with E-state index in [1.54, 1.807) is 54.3 Å². The molecule has 0 bridgehead atoms. The number of halogens is 1. The van der Waals surface area contributed by atoms with Gasteiger partial charge >= 0.3 is 0 Å². The van der Waals surface area contributed by atoms with Gasteiger partial charge in [-0.1, -0.05) is 11.6 Å². The molecule has 3 rings (SSSR count). The third kappa shape index (κ3) is 4.07. The van der Waals surface area contributed by atoms with Crippen LogP contribution in [0.25, 0.3) is 5.69 Å². The Kier molecular flexibility index (Phi) is 5.61. The second kappa shape index (κ2) is 7.91. The normalized spacial score (nSPS) is 19.8. The van der Waals surface area contributed by atoms with Gasteiger partial charge in [-0.2, -0.15) is 5.10 Å². The fourth-order valence-electron chi connectivity index (χ4n) is 3.41. The zero-order valence-corrected chi connectivity index (χ0v) is 15.7. The summed E-state index contributed by atoms with van der Waals surface area (Å²) in [4.78, 5) is 26.4. The molecule has 0 radical (unpaired) electrons. The molecule has 26 heavy (non-hydrogen) atoms. The topological polar surface area (TPSA) is 67.2 Å². The number of carbonyl (C=O) groups excluding carboxylic acids is 2. The van der Waals surface area contributed by atoms with Crippen molar-refractivity contribution in [1.82, 2.24) is 14.7 Å². The molecule has 1 heterocycles. The van der Waals surface area contributed by atoms with Gasteiger partial charge in [-0.25, -0.2) is 4.68 Å². The van der Waals surface area contributed by atoms with Crippen molar-refractivity contribution in [2.24, 2.45) is 11.8 Å². The molecule has 1 aliphatic rings. The van der Waals surface area contributed by atoms with Crippen molar-refractivity contribution in [2.75, 3.05) is 19.4 Å². The van der Waals surface area contributed by atoms with Gasteiger partial charge in [0, 0.05) is 43.3 Å². The van der Waals surface area contributed by atoms with E-state index in [2.05, 4.69) is 10.4 Å². The van der Waals surface area contributed by atoms with Gasteiger partial charge in [0.25, 0.3) is 0 Å². The Bertz CT molecular complexity index is 781. The zero-order valence-electron chi connectivity index (χ0n) is 15.0. The molecular formula is C19H23ClN4O2. The molecule has 0 atom stereocenters. The number of hydrogen-bond acceptors (Lipinski definition) is 3. The highest BCUT2D eigenvalue weighted by molar-refractivity contribution is 6.30. The Morgan fingerprint density at radius 3 is 2.50 bits per heavy atom. The number of hydrogen-bond donors (Lipinski definition) is 1. The summed E-state index contributed by atoms with van der Waals surface area (Å²) in [7, 11) is 3.55. The van der Waals surface area contributed by atoms with Crippen molar-refractivity contribution in [1.29, 1.82) is 0 Å². The average molecular weight is 375 g/mol. The summed E-state index contributed by atoms with van der Waals surface area (Å²) in [5.74, 6) is 0.0885. The average Bonchev–Trinajstić information content (AvgIpc) is 3.17. The highest BCUT2D eigenvalue weighted by Gasteiger charge is 2.30. The second-order valence-electron chi connectivity index (χ2n) is 6.88. The summed E-state index contributed by atoms with van der Waals surface area (Å²) in [6.07, 6.45) is 6.43. The number of nitrogens with one attached hydrogen (secondary N) is 1. The Morgan fingerprint density at radius 1 is 1.19 bits per heavy atom. The smallest absolute Gasteiger partial charge is 0.227 e. The quantitative estimate of drug-likeness (QED) is 0.892. The van der Waals surface area contributed by atoms with Gasteiger partial charge < -0.3 is 10.2 Å². The van der Waals surface area contributed by atoms with Crippen LogP contribution < -0.4 is 5.32 Å². The maximum Gasteiger partial charge on any atom is 0.227 e. The molecule has 1 N–H and O–H groups in total. The number of aromatic nitrogens is 2.